The van der Waals surface area contributed by atoms with Gasteiger partial charge < -0.3 is 14.6 Å². The minimum absolute atomic E-state index is 0.195. The molecule has 2 N–H and O–H groups in total. The molecule has 1 aromatic rings. The lowest BCUT2D eigenvalue weighted by molar-refractivity contribution is -0.144. The molecule has 1 aromatic carbocycles. The maximum atomic E-state index is 11.6. The summed E-state index contributed by atoms with van der Waals surface area (Å²) in [5, 5.41) is 10.7. The number of aliphatic carboxylic acids is 1. The first-order chi connectivity index (χ1) is 10.4. The van der Waals surface area contributed by atoms with Crippen molar-refractivity contribution in [2.45, 2.75) is 13.0 Å². The molecule has 0 aromatic heterocycles. The number of nitrogens with one attached hydrogen (secondary N) is 1. The number of hydrogen-bond donors (Lipinski definition) is 2. The second-order valence-corrected chi connectivity index (χ2v) is 5.34. The van der Waals surface area contributed by atoms with Crippen LogP contribution in [0.2, 0.25) is 0 Å². The third-order valence-electron chi connectivity index (χ3n) is 2.80. The van der Waals surface area contributed by atoms with Gasteiger partial charge in [-0.25, -0.2) is 4.79 Å². The van der Waals surface area contributed by atoms with E-state index in [1.807, 2.05) is 0 Å². The Hall–Kier alpha value is -2.48. The molecule has 1 saturated heterocycles. The molecule has 1 heterocycles. The first-order valence-corrected chi connectivity index (χ1v) is 7.05. The van der Waals surface area contributed by atoms with E-state index in [-0.39, 0.29) is 10.7 Å². The van der Waals surface area contributed by atoms with Gasteiger partial charge in [-0.2, -0.15) is 0 Å². The number of thioether (sulfide) groups is 1. The molecule has 8 heteroatoms. The van der Waals surface area contributed by atoms with Crippen LogP contribution in [0.5, 0.6) is 11.5 Å². The van der Waals surface area contributed by atoms with Crippen LogP contribution >= 0.6 is 11.8 Å². The van der Waals surface area contributed by atoms with Gasteiger partial charge in [0.2, 0.25) is 0 Å². The van der Waals surface area contributed by atoms with Crippen LogP contribution in [0.4, 0.5) is 4.79 Å². The van der Waals surface area contributed by atoms with E-state index in [9.17, 15) is 14.4 Å². The third kappa shape index (κ3) is 3.40. The molecule has 1 atom stereocenters. The van der Waals surface area contributed by atoms with Crippen LogP contribution in [0.3, 0.4) is 0 Å². The fourth-order valence-corrected chi connectivity index (χ4v) is 2.40. The number of carbonyl (C=O) groups is 3. The molecule has 0 saturated carbocycles. The number of rotatable bonds is 5. The second-order valence-electron chi connectivity index (χ2n) is 4.33. The highest BCUT2D eigenvalue weighted by Crippen LogP contribution is 2.35. The van der Waals surface area contributed by atoms with Gasteiger partial charge in [0.1, 0.15) is 0 Å². The van der Waals surface area contributed by atoms with Crippen LogP contribution in [-0.2, 0) is 9.59 Å². The summed E-state index contributed by atoms with van der Waals surface area (Å²) in [5.41, 5.74) is 0.444. The summed E-state index contributed by atoms with van der Waals surface area (Å²) in [7, 11) is 1.42. The molecule has 0 aliphatic carbocycles. The highest BCUT2D eigenvalue weighted by atomic mass is 32.2. The molecule has 1 aliphatic rings. The first kappa shape index (κ1) is 15.9. The number of para-hydroxylation sites is 1. The summed E-state index contributed by atoms with van der Waals surface area (Å²) >= 11 is 0.765. The number of hydrogen-bond acceptors (Lipinski definition) is 6. The lowest BCUT2D eigenvalue weighted by atomic mass is 10.1. The van der Waals surface area contributed by atoms with Crippen molar-refractivity contribution < 1.29 is 29.0 Å². The Morgan fingerprint density at radius 1 is 1.41 bits per heavy atom. The van der Waals surface area contributed by atoms with Crippen LogP contribution in [0.15, 0.2) is 23.1 Å². The Bertz CT molecular complexity index is 669. The number of carbonyl (C=O) groups excluding carboxylic acids is 2. The largest absolute Gasteiger partial charge is 0.493 e. The van der Waals surface area contributed by atoms with Gasteiger partial charge in [0, 0.05) is 5.56 Å². The van der Waals surface area contributed by atoms with E-state index in [4.69, 9.17) is 14.6 Å². The summed E-state index contributed by atoms with van der Waals surface area (Å²) in [6.07, 6.45) is 0.359. The lowest BCUT2D eigenvalue weighted by Gasteiger charge is -2.16. The minimum Gasteiger partial charge on any atom is -0.493 e. The molecule has 1 aliphatic heterocycles. The standard InChI is InChI=1S/C14H13NO6S/c1-7(13(17)18)21-11-8(4-3-5-9(11)20-2)6-10-12(16)15-14(19)22-10/h3-7H,1-2H3,(H,17,18)(H,15,16,19)/b10-6+/t7-/m1/s1. The molecule has 22 heavy (non-hydrogen) atoms. The quantitative estimate of drug-likeness (QED) is 0.797. The average molecular weight is 323 g/mol. The zero-order valence-corrected chi connectivity index (χ0v) is 12.6. The number of carboxylic acids is 1. The second kappa shape index (κ2) is 6.52. The molecule has 0 spiro atoms. The van der Waals surface area contributed by atoms with E-state index in [1.54, 1.807) is 18.2 Å². The normalized spacial score (nSPS) is 17.3. The van der Waals surface area contributed by atoms with Crippen LogP contribution in [0.1, 0.15) is 12.5 Å². The Morgan fingerprint density at radius 2 is 2.14 bits per heavy atom. The molecule has 116 valence electrons. The van der Waals surface area contributed by atoms with Crippen molar-refractivity contribution in [3.63, 3.8) is 0 Å². The summed E-state index contributed by atoms with van der Waals surface area (Å²) in [4.78, 5) is 33.9. The number of benzene rings is 1. The van der Waals surface area contributed by atoms with Crippen molar-refractivity contribution in [2.75, 3.05) is 7.11 Å². The molecule has 0 radical (unpaired) electrons. The number of ether oxygens (including phenoxy) is 2. The van der Waals surface area contributed by atoms with Crippen LogP contribution in [0, 0.1) is 0 Å². The Morgan fingerprint density at radius 3 is 2.68 bits per heavy atom. The van der Waals surface area contributed by atoms with Gasteiger partial charge in [-0.1, -0.05) is 12.1 Å². The fourth-order valence-electron chi connectivity index (χ4n) is 1.72. The van der Waals surface area contributed by atoms with E-state index in [2.05, 4.69) is 5.32 Å². The molecule has 1 fully saturated rings. The molecule has 2 amide bonds. The van der Waals surface area contributed by atoms with Crippen molar-refractivity contribution in [3.8, 4) is 11.5 Å². The van der Waals surface area contributed by atoms with Crippen molar-refractivity contribution in [3.05, 3.63) is 28.7 Å². The maximum absolute atomic E-state index is 11.6. The molecule has 0 unspecified atom stereocenters. The third-order valence-corrected chi connectivity index (χ3v) is 3.61. The SMILES string of the molecule is COc1cccc(/C=C2/SC(=O)NC2=O)c1O[C@H](C)C(=O)O. The van der Waals surface area contributed by atoms with Crippen LogP contribution < -0.4 is 14.8 Å². The number of carboxylic acid groups (broad SMARTS) is 1. The monoisotopic (exact) mass is 323 g/mol. The number of methoxy groups -OCH3 is 1. The Labute approximate surface area is 130 Å². The summed E-state index contributed by atoms with van der Waals surface area (Å²) < 4.78 is 10.6. The molecular weight excluding hydrogens is 310 g/mol. The zero-order valence-electron chi connectivity index (χ0n) is 11.8. The maximum Gasteiger partial charge on any atom is 0.344 e. The molecular formula is C14H13NO6S. The van der Waals surface area contributed by atoms with Gasteiger partial charge in [-0.05, 0) is 30.8 Å². The fraction of sp³-hybridized carbons (Fsp3) is 0.214. The van der Waals surface area contributed by atoms with Crippen LogP contribution in [0.25, 0.3) is 6.08 Å². The van der Waals surface area contributed by atoms with Crippen molar-refractivity contribution in [1.82, 2.24) is 5.32 Å². The molecule has 0 bridgehead atoms. The average Bonchev–Trinajstić information content (AvgIpc) is 2.78. The van der Waals surface area contributed by atoms with Crippen LogP contribution in [-0.4, -0.2) is 35.4 Å². The lowest BCUT2D eigenvalue weighted by Crippen LogP contribution is -2.23. The summed E-state index contributed by atoms with van der Waals surface area (Å²) in [5.74, 6) is -1.11. The van der Waals surface area contributed by atoms with Gasteiger partial charge >= 0.3 is 5.97 Å². The van der Waals surface area contributed by atoms with E-state index >= 15 is 0 Å². The number of amides is 2. The Balaban J connectivity index is 2.43. The first-order valence-electron chi connectivity index (χ1n) is 6.23. The van der Waals surface area contributed by atoms with E-state index < -0.39 is 23.2 Å². The van der Waals surface area contributed by atoms with Gasteiger partial charge in [0.05, 0.1) is 12.0 Å². The topological polar surface area (TPSA) is 102 Å². The highest BCUT2D eigenvalue weighted by Gasteiger charge is 2.26. The predicted molar refractivity (Wildman–Crippen MR) is 79.8 cm³/mol. The zero-order chi connectivity index (χ0) is 16.3. The Kier molecular flexibility index (Phi) is 4.71. The van der Waals surface area contributed by atoms with E-state index in [0.29, 0.717) is 11.3 Å². The predicted octanol–water partition coefficient (Wildman–Crippen LogP) is 1.87. The van der Waals surface area contributed by atoms with Gasteiger partial charge in [0.15, 0.2) is 17.6 Å². The van der Waals surface area contributed by atoms with E-state index in [0.717, 1.165) is 11.8 Å². The number of imide groups is 1. The van der Waals surface area contributed by atoms with Crippen molar-refractivity contribution in [1.29, 1.82) is 0 Å². The summed E-state index contributed by atoms with van der Waals surface area (Å²) in [6, 6.07) is 4.91. The van der Waals surface area contributed by atoms with Gasteiger partial charge in [-0.15, -0.1) is 0 Å². The molecule has 7 nitrogen and oxygen atoms in total. The van der Waals surface area contributed by atoms with E-state index in [1.165, 1.54) is 20.1 Å². The smallest absolute Gasteiger partial charge is 0.344 e. The van der Waals surface area contributed by atoms with Gasteiger partial charge in [-0.3, -0.25) is 14.9 Å². The van der Waals surface area contributed by atoms with Crippen molar-refractivity contribution >= 4 is 35.0 Å². The summed E-state index contributed by atoms with van der Waals surface area (Å²) in [6.45, 7) is 1.38. The van der Waals surface area contributed by atoms with Gasteiger partial charge in [0.25, 0.3) is 11.1 Å². The van der Waals surface area contributed by atoms with Crippen molar-refractivity contribution in [2.24, 2.45) is 0 Å². The minimum atomic E-state index is -1.13. The molecule has 2 rings (SSSR count). The highest BCUT2D eigenvalue weighted by molar-refractivity contribution is 8.18.